The molecule has 0 spiro atoms. The Balaban J connectivity index is 1.55. The minimum absolute atomic E-state index is 0.0704. The normalized spacial score (nSPS) is 11.0. The molecule has 10 nitrogen and oxygen atoms in total. The lowest BCUT2D eigenvalue weighted by molar-refractivity contribution is -0.121. The van der Waals surface area contributed by atoms with Crippen molar-refractivity contribution in [3.63, 3.8) is 0 Å². The number of nitrogens with one attached hydrogen (secondary N) is 2. The van der Waals surface area contributed by atoms with Crippen molar-refractivity contribution < 1.29 is 14.3 Å². The fourth-order valence-electron chi connectivity index (χ4n) is 4.10. The first-order valence-electron chi connectivity index (χ1n) is 11.4. The molecular formula is C26H27N5O5. The predicted octanol–water partition coefficient (Wildman–Crippen LogP) is 2.48. The second kappa shape index (κ2) is 9.95. The van der Waals surface area contributed by atoms with Crippen molar-refractivity contribution in [1.82, 2.24) is 14.5 Å². The van der Waals surface area contributed by atoms with Crippen LogP contribution in [-0.4, -0.2) is 39.6 Å². The molecule has 0 aliphatic rings. The number of nitrogens with zero attached hydrogens (tertiary/aromatic N) is 2. The van der Waals surface area contributed by atoms with E-state index in [1.54, 1.807) is 25.1 Å². The lowest BCUT2D eigenvalue weighted by Crippen LogP contribution is -2.42. The topological polar surface area (TPSA) is 143 Å². The third-order valence-electron chi connectivity index (χ3n) is 6.16. The highest BCUT2D eigenvalue weighted by Gasteiger charge is 2.24. The number of fused-ring (bicyclic) bond motifs is 1. The van der Waals surface area contributed by atoms with Crippen LogP contribution in [-0.2, 0) is 16.1 Å². The number of nitrogens with two attached hydrogens (primary N) is 1. The maximum absolute atomic E-state index is 13.0. The number of H-pyrrole nitrogens is 2. The fourth-order valence-corrected chi connectivity index (χ4v) is 4.10. The van der Waals surface area contributed by atoms with Gasteiger partial charge in [0.05, 0.1) is 12.1 Å². The van der Waals surface area contributed by atoms with Crippen LogP contribution in [0.4, 0.5) is 11.5 Å². The lowest BCUT2D eigenvalue weighted by atomic mass is 10.1. The summed E-state index contributed by atoms with van der Waals surface area (Å²) in [5.41, 5.74) is 8.55. The van der Waals surface area contributed by atoms with Crippen molar-refractivity contribution in [2.75, 3.05) is 23.8 Å². The molecule has 0 atom stereocenters. The van der Waals surface area contributed by atoms with Crippen molar-refractivity contribution in [2.45, 2.75) is 27.3 Å². The predicted molar refractivity (Wildman–Crippen MR) is 137 cm³/mol. The summed E-state index contributed by atoms with van der Waals surface area (Å²) < 4.78 is 6.44. The second-order valence-corrected chi connectivity index (χ2v) is 8.41. The number of carbonyl (C=O) groups is 2. The van der Waals surface area contributed by atoms with Gasteiger partial charge in [-0.15, -0.1) is 0 Å². The van der Waals surface area contributed by atoms with Crippen molar-refractivity contribution in [2.24, 2.45) is 0 Å². The third kappa shape index (κ3) is 4.65. The van der Waals surface area contributed by atoms with E-state index in [9.17, 15) is 19.2 Å². The number of hydrogen-bond acceptors (Lipinski definition) is 6. The molecule has 0 unspecified atom stereocenters. The number of rotatable bonds is 7. The number of aromatic amines is 2. The van der Waals surface area contributed by atoms with E-state index in [4.69, 9.17) is 10.5 Å². The fraction of sp³-hybridized carbons (Fsp3) is 0.231. The number of amides is 1. The van der Waals surface area contributed by atoms with E-state index in [-0.39, 0.29) is 24.6 Å². The molecule has 4 aromatic rings. The van der Waals surface area contributed by atoms with Crippen LogP contribution in [0.25, 0.3) is 10.9 Å². The summed E-state index contributed by atoms with van der Waals surface area (Å²) in [5, 5.41) is 0.892. The average molecular weight is 490 g/mol. The number of nitrogen functional groups attached to an aromatic ring is 1. The number of esters is 1. The molecule has 1 amide bonds. The van der Waals surface area contributed by atoms with E-state index in [0.29, 0.717) is 5.56 Å². The van der Waals surface area contributed by atoms with Crippen molar-refractivity contribution in [1.29, 1.82) is 0 Å². The Labute approximate surface area is 206 Å². The first-order valence-corrected chi connectivity index (χ1v) is 11.4. The van der Waals surface area contributed by atoms with Crippen LogP contribution in [0.15, 0.2) is 58.1 Å². The van der Waals surface area contributed by atoms with Crippen molar-refractivity contribution in [3.05, 3.63) is 91.8 Å². The SMILES string of the molecule is CCN(C(=O)COC(=O)c1ccc2[nH]c(C)c(C)c2c1)c1c(N)n(Cc2ccccc2)c(=O)[nH]c1=O. The van der Waals surface area contributed by atoms with Crippen molar-refractivity contribution in [3.8, 4) is 0 Å². The van der Waals surface area contributed by atoms with Gasteiger partial charge in [0.2, 0.25) is 0 Å². The molecule has 10 heteroatoms. The van der Waals surface area contributed by atoms with Crippen LogP contribution < -0.4 is 21.9 Å². The molecule has 0 fully saturated rings. The Morgan fingerprint density at radius 3 is 2.47 bits per heavy atom. The Morgan fingerprint density at radius 1 is 1.06 bits per heavy atom. The molecule has 186 valence electrons. The van der Waals surface area contributed by atoms with Gasteiger partial charge in [-0.3, -0.25) is 19.1 Å². The van der Waals surface area contributed by atoms with Gasteiger partial charge < -0.3 is 20.4 Å². The summed E-state index contributed by atoms with van der Waals surface area (Å²) in [6.07, 6.45) is 0. The van der Waals surface area contributed by atoms with Gasteiger partial charge in [0, 0.05) is 23.1 Å². The summed E-state index contributed by atoms with van der Waals surface area (Å²) in [6, 6.07) is 14.2. The standard InChI is InChI=1S/C26H27N5O5/c1-4-30(22-23(27)31(26(35)29-24(22)33)13-17-8-6-5-7-9-17)21(32)14-36-25(34)18-10-11-20-19(12-18)15(2)16(3)28-20/h5-12,28H,4,13-14,27H2,1-3H3,(H,29,33,35). The largest absolute Gasteiger partial charge is 0.452 e. The zero-order valence-corrected chi connectivity index (χ0v) is 20.3. The first-order chi connectivity index (χ1) is 17.2. The molecule has 0 aliphatic carbocycles. The highest BCUT2D eigenvalue weighted by molar-refractivity contribution is 6.00. The van der Waals surface area contributed by atoms with Crippen LogP contribution in [0.3, 0.4) is 0 Å². The minimum Gasteiger partial charge on any atom is -0.452 e. The maximum Gasteiger partial charge on any atom is 0.338 e. The Kier molecular flexibility index (Phi) is 6.77. The number of aryl methyl sites for hydroxylation is 2. The summed E-state index contributed by atoms with van der Waals surface area (Å²) in [4.78, 5) is 57.3. The highest BCUT2D eigenvalue weighted by Crippen LogP contribution is 2.23. The van der Waals surface area contributed by atoms with Gasteiger partial charge in [-0.1, -0.05) is 30.3 Å². The molecule has 36 heavy (non-hydrogen) atoms. The molecule has 4 rings (SSSR count). The molecule has 0 saturated heterocycles. The second-order valence-electron chi connectivity index (χ2n) is 8.41. The van der Waals surface area contributed by atoms with Gasteiger partial charge in [-0.2, -0.15) is 0 Å². The number of anilines is 2. The number of aromatic nitrogens is 3. The average Bonchev–Trinajstić information content (AvgIpc) is 3.15. The Morgan fingerprint density at radius 2 is 1.78 bits per heavy atom. The number of carbonyl (C=O) groups excluding carboxylic acids is 2. The molecule has 2 heterocycles. The number of hydrogen-bond donors (Lipinski definition) is 3. The quantitative estimate of drug-likeness (QED) is 0.340. The third-order valence-corrected chi connectivity index (χ3v) is 6.16. The van der Waals surface area contributed by atoms with Gasteiger partial charge in [0.25, 0.3) is 11.5 Å². The van der Waals surface area contributed by atoms with E-state index in [1.165, 1.54) is 4.57 Å². The summed E-state index contributed by atoms with van der Waals surface area (Å²) in [7, 11) is 0. The molecule has 2 aromatic carbocycles. The van der Waals surface area contributed by atoms with Crippen molar-refractivity contribution >= 4 is 34.3 Å². The Bertz CT molecular complexity index is 1570. The smallest absolute Gasteiger partial charge is 0.338 e. The van der Waals surface area contributed by atoms with E-state index in [1.807, 2.05) is 44.2 Å². The van der Waals surface area contributed by atoms with Gasteiger partial charge in [0.1, 0.15) is 5.82 Å². The van der Waals surface area contributed by atoms with Crippen LogP contribution in [0, 0.1) is 13.8 Å². The highest BCUT2D eigenvalue weighted by atomic mass is 16.5. The zero-order chi connectivity index (χ0) is 26.0. The van der Waals surface area contributed by atoms with Crippen LogP contribution in [0.5, 0.6) is 0 Å². The summed E-state index contributed by atoms with van der Waals surface area (Å²) >= 11 is 0. The molecule has 0 bridgehead atoms. The van der Waals surface area contributed by atoms with Gasteiger partial charge in [0.15, 0.2) is 12.3 Å². The molecule has 0 aliphatic heterocycles. The van der Waals surface area contributed by atoms with E-state index in [2.05, 4.69) is 9.97 Å². The number of ether oxygens (including phenoxy) is 1. The van der Waals surface area contributed by atoms with Gasteiger partial charge in [-0.05, 0) is 50.1 Å². The first kappa shape index (κ1) is 24.5. The summed E-state index contributed by atoms with van der Waals surface area (Å²) in [6.45, 7) is 5.12. The van der Waals surface area contributed by atoms with E-state index < -0.39 is 29.7 Å². The molecule has 4 N–H and O–H groups in total. The van der Waals surface area contributed by atoms with E-state index >= 15 is 0 Å². The molecule has 2 aromatic heterocycles. The van der Waals surface area contributed by atoms with E-state index in [0.717, 1.165) is 32.6 Å². The monoisotopic (exact) mass is 489 g/mol. The number of likely N-dealkylation sites (N-methyl/N-ethyl adjacent to an activating group) is 1. The molecular weight excluding hydrogens is 462 g/mol. The Hall–Kier alpha value is -4.60. The summed E-state index contributed by atoms with van der Waals surface area (Å²) in [5.74, 6) is -1.48. The van der Waals surface area contributed by atoms with Crippen LogP contribution >= 0.6 is 0 Å². The molecule has 0 radical (unpaired) electrons. The van der Waals surface area contributed by atoms with Gasteiger partial charge in [-0.25, -0.2) is 9.59 Å². The van der Waals surface area contributed by atoms with Gasteiger partial charge >= 0.3 is 11.7 Å². The van der Waals surface area contributed by atoms with Crippen LogP contribution in [0.1, 0.15) is 34.1 Å². The van der Waals surface area contributed by atoms with Crippen LogP contribution in [0.2, 0.25) is 0 Å². The zero-order valence-electron chi connectivity index (χ0n) is 20.3. The molecule has 0 saturated carbocycles. The maximum atomic E-state index is 13.0. The minimum atomic E-state index is -0.799. The lowest BCUT2D eigenvalue weighted by Gasteiger charge is -2.23. The number of benzene rings is 2.